The molecule has 0 saturated heterocycles. The minimum atomic E-state index is -4.77. The number of halogens is 4. The van der Waals surface area contributed by atoms with Crippen LogP contribution in [0, 0.1) is 5.82 Å². The van der Waals surface area contributed by atoms with E-state index in [0.717, 1.165) is 10.4 Å². The van der Waals surface area contributed by atoms with E-state index in [0.29, 0.717) is 24.1 Å². The van der Waals surface area contributed by atoms with Gasteiger partial charge in [0.25, 0.3) is 5.91 Å². The molecule has 0 spiro atoms. The Hall–Kier alpha value is -2.87. The van der Waals surface area contributed by atoms with Crippen LogP contribution >= 0.6 is 11.3 Å². The number of carbonyl (C=O) groups excluding carboxylic acids is 1. The molecule has 1 aliphatic heterocycles. The lowest BCUT2D eigenvalue weighted by Gasteiger charge is -2.36. The molecule has 1 amide bonds. The predicted octanol–water partition coefficient (Wildman–Crippen LogP) is 5.57. The number of hydrogen-bond donors (Lipinski definition) is 0. The Bertz CT molecular complexity index is 1010. The maximum absolute atomic E-state index is 13.2. The molecule has 1 unspecified atom stereocenters. The first kappa shape index (κ1) is 19.4. The molecule has 1 atom stereocenters. The zero-order valence-electron chi connectivity index (χ0n) is 14.9. The van der Waals surface area contributed by atoms with E-state index in [2.05, 4.69) is 4.74 Å². The number of nitrogens with zero attached hydrogens (tertiary/aromatic N) is 1. The zero-order chi connectivity index (χ0) is 20.6. The lowest BCUT2D eigenvalue weighted by molar-refractivity contribution is -0.274. The Labute approximate surface area is 168 Å². The van der Waals surface area contributed by atoms with E-state index < -0.39 is 18.2 Å². The van der Waals surface area contributed by atoms with Gasteiger partial charge in [0, 0.05) is 17.0 Å². The van der Waals surface area contributed by atoms with Gasteiger partial charge in [0.15, 0.2) is 0 Å². The molecule has 8 heteroatoms. The van der Waals surface area contributed by atoms with Crippen LogP contribution in [0.15, 0.2) is 60.0 Å². The summed E-state index contributed by atoms with van der Waals surface area (Å²) < 4.78 is 54.5. The van der Waals surface area contributed by atoms with Gasteiger partial charge >= 0.3 is 6.36 Å². The first-order valence-corrected chi connectivity index (χ1v) is 9.68. The van der Waals surface area contributed by atoms with E-state index in [1.54, 1.807) is 16.2 Å². The second kappa shape index (κ2) is 7.51. The second-order valence-electron chi connectivity index (χ2n) is 6.57. The van der Waals surface area contributed by atoms with Crippen LogP contribution in [-0.2, 0) is 6.42 Å². The van der Waals surface area contributed by atoms with E-state index in [4.69, 9.17) is 0 Å². The van der Waals surface area contributed by atoms with Crippen molar-refractivity contribution in [3.8, 4) is 5.75 Å². The molecule has 2 heterocycles. The van der Waals surface area contributed by atoms with Crippen molar-refractivity contribution in [3.05, 3.63) is 87.4 Å². The van der Waals surface area contributed by atoms with Crippen LogP contribution in [0.2, 0.25) is 0 Å². The molecule has 0 bridgehead atoms. The summed E-state index contributed by atoms with van der Waals surface area (Å²) in [5.41, 5.74) is 1.97. The topological polar surface area (TPSA) is 29.5 Å². The number of ether oxygens (including phenoxy) is 1. The highest BCUT2D eigenvalue weighted by molar-refractivity contribution is 7.10. The number of amides is 1. The fraction of sp³-hybridized carbons (Fsp3) is 0.190. The van der Waals surface area contributed by atoms with Gasteiger partial charge in [0.05, 0.1) is 6.04 Å². The van der Waals surface area contributed by atoms with Crippen molar-refractivity contribution in [1.29, 1.82) is 0 Å². The summed E-state index contributed by atoms with van der Waals surface area (Å²) in [5, 5.41) is 1.94. The van der Waals surface area contributed by atoms with Crippen molar-refractivity contribution in [2.75, 3.05) is 6.54 Å². The molecule has 3 aromatic rings. The van der Waals surface area contributed by atoms with Gasteiger partial charge < -0.3 is 9.64 Å². The average Bonchev–Trinajstić information content (AvgIpc) is 3.15. The zero-order valence-corrected chi connectivity index (χ0v) is 15.8. The van der Waals surface area contributed by atoms with Gasteiger partial charge in [0.1, 0.15) is 11.6 Å². The van der Waals surface area contributed by atoms with Crippen molar-refractivity contribution in [2.45, 2.75) is 18.8 Å². The molecule has 0 saturated carbocycles. The van der Waals surface area contributed by atoms with Crippen molar-refractivity contribution >= 4 is 17.2 Å². The monoisotopic (exact) mass is 421 g/mol. The standard InChI is InChI=1S/C21H15F4NO2S/c22-15-5-1-14(2-6-15)20(27)26-11-9-18-17(10-12-29-18)19(26)13-3-7-16(8-4-13)28-21(23,24)25/h1-8,10,12,19H,9,11H2. The highest BCUT2D eigenvalue weighted by Crippen LogP contribution is 2.39. The number of alkyl halides is 3. The van der Waals surface area contributed by atoms with E-state index >= 15 is 0 Å². The number of benzene rings is 2. The summed E-state index contributed by atoms with van der Waals surface area (Å²) >= 11 is 1.59. The summed E-state index contributed by atoms with van der Waals surface area (Å²) in [6, 6.07) is 12.3. The van der Waals surface area contributed by atoms with Crippen LogP contribution in [-0.4, -0.2) is 23.7 Å². The van der Waals surface area contributed by atoms with E-state index in [9.17, 15) is 22.4 Å². The van der Waals surface area contributed by atoms with Crippen molar-refractivity contribution in [1.82, 2.24) is 4.90 Å². The number of carbonyl (C=O) groups is 1. The van der Waals surface area contributed by atoms with Crippen molar-refractivity contribution < 1.29 is 27.1 Å². The normalized spacial score (nSPS) is 16.4. The molecule has 1 aromatic heterocycles. The molecule has 0 N–H and O–H groups in total. The van der Waals surface area contributed by atoms with Crippen LogP contribution < -0.4 is 4.74 Å². The summed E-state index contributed by atoms with van der Waals surface area (Å²) in [6.45, 7) is 0.454. The van der Waals surface area contributed by atoms with Gasteiger partial charge in [-0.3, -0.25) is 4.79 Å². The van der Waals surface area contributed by atoms with Gasteiger partial charge in [-0.2, -0.15) is 0 Å². The summed E-state index contributed by atoms with van der Waals surface area (Å²) in [6.07, 6.45) is -4.08. The molecule has 0 radical (unpaired) electrons. The average molecular weight is 421 g/mol. The van der Waals surface area contributed by atoms with Gasteiger partial charge in [-0.05, 0) is 65.4 Å². The van der Waals surface area contributed by atoms with Gasteiger partial charge in [-0.1, -0.05) is 12.1 Å². The maximum atomic E-state index is 13.2. The largest absolute Gasteiger partial charge is 0.573 e. The summed E-state index contributed by atoms with van der Waals surface area (Å²) in [5.74, 6) is -1.02. The smallest absolute Gasteiger partial charge is 0.406 e. The van der Waals surface area contributed by atoms with Crippen LogP contribution in [0.3, 0.4) is 0 Å². The third-order valence-corrected chi connectivity index (χ3v) is 5.74. The first-order valence-electron chi connectivity index (χ1n) is 8.80. The third kappa shape index (κ3) is 4.12. The van der Waals surface area contributed by atoms with E-state index in [1.165, 1.54) is 48.5 Å². The summed E-state index contributed by atoms with van der Waals surface area (Å²) in [4.78, 5) is 15.9. The fourth-order valence-corrected chi connectivity index (χ4v) is 4.41. The van der Waals surface area contributed by atoms with Crippen LogP contribution in [0.1, 0.15) is 32.4 Å². The van der Waals surface area contributed by atoms with E-state index in [-0.39, 0.29) is 11.7 Å². The third-order valence-electron chi connectivity index (χ3n) is 4.75. The molecule has 4 rings (SSSR count). The summed E-state index contributed by atoms with van der Waals surface area (Å²) in [7, 11) is 0. The van der Waals surface area contributed by atoms with Crippen LogP contribution in [0.25, 0.3) is 0 Å². The molecular weight excluding hydrogens is 406 g/mol. The Morgan fingerprint density at radius 1 is 1.03 bits per heavy atom. The molecule has 0 fully saturated rings. The van der Waals surface area contributed by atoms with E-state index in [1.807, 2.05) is 11.4 Å². The van der Waals surface area contributed by atoms with Crippen LogP contribution in [0.4, 0.5) is 17.6 Å². The Kier molecular flexibility index (Phi) is 5.04. The number of thiophene rings is 1. The lowest BCUT2D eigenvalue weighted by atomic mass is 9.92. The number of rotatable bonds is 3. The Balaban J connectivity index is 1.69. The molecule has 2 aromatic carbocycles. The Morgan fingerprint density at radius 3 is 2.38 bits per heavy atom. The molecular formula is C21H15F4NO2S. The van der Waals surface area contributed by atoms with Crippen LogP contribution in [0.5, 0.6) is 5.75 Å². The van der Waals surface area contributed by atoms with Gasteiger partial charge in [0.2, 0.25) is 0 Å². The highest BCUT2D eigenvalue weighted by Gasteiger charge is 2.34. The quantitative estimate of drug-likeness (QED) is 0.517. The molecule has 1 aliphatic rings. The fourth-order valence-electron chi connectivity index (χ4n) is 3.50. The molecule has 29 heavy (non-hydrogen) atoms. The van der Waals surface area contributed by atoms with Gasteiger partial charge in [-0.15, -0.1) is 24.5 Å². The maximum Gasteiger partial charge on any atom is 0.573 e. The lowest BCUT2D eigenvalue weighted by Crippen LogP contribution is -2.40. The Morgan fingerprint density at radius 2 is 1.72 bits per heavy atom. The minimum Gasteiger partial charge on any atom is -0.406 e. The molecule has 0 aliphatic carbocycles. The van der Waals surface area contributed by atoms with Gasteiger partial charge in [-0.25, -0.2) is 4.39 Å². The predicted molar refractivity (Wildman–Crippen MR) is 100 cm³/mol. The minimum absolute atomic E-state index is 0.262. The molecule has 3 nitrogen and oxygen atoms in total. The SMILES string of the molecule is O=C(c1ccc(F)cc1)N1CCc2sccc2C1c1ccc(OC(F)(F)F)cc1. The number of fused-ring (bicyclic) bond motifs is 1. The molecule has 150 valence electrons. The van der Waals surface area contributed by atoms with Crippen molar-refractivity contribution in [2.24, 2.45) is 0 Å². The highest BCUT2D eigenvalue weighted by atomic mass is 32.1. The second-order valence-corrected chi connectivity index (χ2v) is 7.57. The number of hydrogen-bond acceptors (Lipinski definition) is 3. The first-order chi connectivity index (χ1) is 13.8. The van der Waals surface area contributed by atoms with Crippen molar-refractivity contribution in [3.63, 3.8) is 0 Å².